The molecule has 1 unspecified atom stereocenters. The molecule has 2 aliphatic heterocycles. The van der Waals surface area contributed by atoms with Gasteiger partial charge in [0.25, 0.3) is 0 Å². The second kappa shape index (κ2) is 11.4. The van der Waals surface area contributed by atoms with Crippen molar-refractivity contribution >= 4 is 29.1 Å². The summed E-state index contributed by atoms with van der Waals surface area (Å²) in [6, 6.07) is 8.66. The van der Waals surface area contributed by atoms with E-state index in [9.17, 15) is 14.4 Å². The number of rotatable bonds is 6. The molecule has 196 valence electrons. The summed E-state index contributed by atoms with van der Waals surface area (Å²) in [6.07, 6.45) is 12.4. The third-order valence-corrected chi connectivity index (χ3v) is 8.17. The zero-order chi connectivity index (χ0) is 25.7. The molecule has 1 atom stereocenters. The minimum Gasteiger partial charge on any atom is -0.381 e. The van der Waals surface area contributed by atoms with Crippen LogP contribution in [0.5, 0.6) is 0 Å². The van der Waals surface area contributed by atoms with Crippen molar-refractivity contribution in [3.05, 3.63) is 53.9 Å². The number of nitrogens with one attached hydrogen (secondary N) is 3. The van der Waals surface area contributed by atoms with Crippen LogP contribution in [0.1, 0.15) is 68.9 Å². The predicted octanol–water partition coefficient (Wildman–Crippen LogP) is 4.11. The fourth-order valence-electron chi connectivity index (χ4n) is 6.07. The standard InChI is InChI=1S/C29H36N4O4/c34-25(18-20-10-14-30-15-11-20)33-26(21-6-4-2-1-3-5-7-21)27(35)31-22-8-9-23-24(19-22)32-28(36)29(23)12-16-37-17-13-29/h8-11,14-15,19,21,26H,1-7,12-13,16-18H2,(H,31,35)(H,32,36)(H,33,34). The Bertz CT molecular complexity index is 1120. The van der Waals surface area contributed by atoms with E-state index in [1.807, 2.05) is 30.3 Å². The van der Waals surface area contributed by atoms with Gasteiger partial charge in [-0.1, -0.05) is 38.2 Å². The van der Waals surface area contributed by atoms with E-state index in [0.717, 1.165) is 55.3 Å². The van der Waals surface area contributed by atoms with E-state index in [1.54, 1.807) is 12.4 Å². The first kappa shape index (κ1) is 25.4. The van der Waals surface area contributed by atoms with Crippen molar-refractivity contribution in [3.63, 3.8) is 0 Å². The lowest BCUT2D eigenvalue weighted by molar-refractivity contribution is -0.127. The molecule has 1 aromatic heterocycles. The average molecular weight is 505 g/mol. The van der Waals surface area contributed by atoms with Crippen LogP contribution in [0.3, 0.4) is 0 Å². The normalized spacial score (nSPS) is 20.3. The Morgan fingerprint density at radius 2 is 1.73 bits per heavy atom. The molecule has 1 saturated carbocycles. The molecule has 3 N–H and O–H groups in total. The van der Waals surface area contributed by atoms with Gasteiger partial charge in [-0.2, -0.15) is 0 Å². The molecule has 0 bridgehead atoms. The fourth-order valence-corrected chi connectivity index (χ4v) is 6.07. The van der Waals surface area contributed by atoms with Gasteiger partial charge in [-0.15, -0.1) is 0 Å². The van der Waals surface area contributed by atoms with Crippen LogP contribution in [0.15, 0.2) is 42.7 Å². The third-order valence-electron chi connectivity index (χ3n) is 8.17. The van der Waals surface area contributed by atoms with Crippen LogP contribution in [-0.4, -0.2) is 42.0 Å². The lowest BCUT2D eigenvalue weighted by atomic mass is 9.75. The number of nitrogens with zero attached hydrogens (tertiary/aromatic N) is 1. The van der Waals surface area contributed by atoms with Crippen LogP contribution in [-0.2, 0) is 31.0 Å². The van der Waals surface area contributed by atoms with Crippen molar-refractivity contribution in [1.82, 2.24) is 10.3 Å². The molecular weight excluding hydrogens is 468 g/mol. The number of aromatic nitrogens is 1. The quantitative estimate of drug-likeness (QED) is 0.549. The van der Waals surface area contributed by atoms with Crippen LogP contribution < -0.4 is 16.0 Å². The van der Waals surface area contributed by atoms with E-state index in [4.69, 9.17) is 4.74 Å². The van der Waals surface area contributed by atoms with Gasteiger partial charge in [0.05, 0.1) is 11.8 Å². The van der Waals surface area contributed by atoms with Gasteiger partial charge in [0.15, 0.2) is 0 Å². The molecule has 3 amide bonds. The average Bonchev–Trinajstić information content (AvgIpc) is 3.13. The molecule has 1 saturated heterocycles. The zero-order valence-electron chi connectivity index (χ0n) is 21.3. The van der Waals surface area contributed by atoms with Crippen molar-refractivity contribution in [1.29, 1.82) is 0 Å². The van der Waals surface area contributed by atoms with Crippen LogP contribution in [0.4, 0.5) is 11.4 Å². The molecule has 0 radical (unpaired) electrons. The van der Waals surface area contributed by atoms with E-state index in [-0.39, 0.29) is 30.1 Å². The monoisotopic (exact) mass is 504 g/mol. The Hall–Kier alpha value is -3.26. The van der Waals surface area contributed by atoms with E-state index in [2.05, 4.69) is 20.9 Å². The summed E-state index contributed by atoms with van der Waals surface area (Å²) < 4.78 is 5.49. The van der Waals surface area contributed by atoms with Gasteiger partial charge in [-0.05, 0) is 67.0 Å². The second-order valence-electron chi connectivity index (χ2n) is 10.6. The van der Waals surface area contributed by atoms with E-state index in [0.29, 0.717) is 31.7 Å². The number of pyridine rings is 1. The Kier molecular flexibility index (Phi) is 7.84. The number of hydrogen-bond acceptors (Lipinski definition) is 5. The molecule has 8 nitrogen and oxygen atoms in total. The number of anilines is 2. The summed E-state index contributed by atoms with van der Waals surface area (Å²) in [5.74, 6) is -0.291. The number of benzene rings is 1. The topological polar surface area (TPSA) is 109 Å². The summed E-state index contributed by atoms with van der Waals surface area (Å²) in [6.45, 7) is 1.13. The molecule has 2 aromatic rings. The number of fused-ring (bicyclic) bond motifs is 2. The van der Waals surface area contributed by atoms with Crippen LogP contribution >= 0.6 is 0 Å². The van der Waals surface area contributed by atoms with Crippen molar-refractivity contribution in [2.45, 2.75) is 75.7 Å². The first-order valence-electron chi connectivity index (χ1n) is 13.6. The second-order valence-corrected chi connectivity index (χ2v) is 10.6. The maximum Gasteiger partial charge on any atom is 0.247 e. The molecule has 3 aliphatic rings. The van der Waals surface area contributed by atoms with E-state index >= 15 is 0 Å². The van der Waals surface area contributed by atoms with Gasteiger partial charge in [-0.3, -0.25) is 19.4 Å². The number of amides is 3. The van der Waals surface area contributed by atoms with Crippen molar-refractivity contribution in [2.24, 2.45) is 5.92 Å². The highest BCUT2D eigenvalue weighted by Crippen LogP contribution is 2.45. The molecule has 5 rings (SSSR count). The summed E-state index contributed by atoms with van der Waals surface area (Å²) >= 11 is 0. The first-order chi connectivity index (χ1) is 18.0. The van der Waals surface area contributed by atoms with Crippen molar-refractivity contribution < 1.29 is 19.1 Å². The van der Waals surface area contributed by atoms with Gasteiger partial charge < -0.3 is 20.7 Å². The number of carbonyl (C=O) groups excluding carboxylic acids is 3. The Balaban J connectivity index is 1.32. The molecule has 1 aromatic carbocycles. The molecule has 3 heterocycles. The lowest BCUT2D eigenvalue weighted by Crippen LogP contribution is -2.49. The molecule has 1 spiro atoms. The molecule has 1 aliphatic carbocycles. The van der Waals surface area contributed by atoms with Crippen LogP contribution in [0.2, 0.25) is 0 Å². The minimum atomic E-state index is -0.614. The molecule has 2 fully saturated rings. The van der Waals surface area contributed by atoms with Crippen LogP contribution in [0.25, 0.3) is 0 Å². The maximum atomic E-state index is 13.6. The van der Waals surface area contributed by atoms with Gasteiger partial charge in [0.2, 0.25) is 17.7 Å². The summed E-state index contributed by atoms with van der Waals surface area (Å²) in [5, 5.41) is 9.11. The van der Waals surface area contributed by atoms with E-state index < -0.39 is 11.5 Å². The summed E-state index contributed by atoms with van der Waals surface area (Å²) in [7, 11) is 0. The van der Waals surface area contributed by atoms with E-state index in [1.165, 1.54) is 6.42 Å². The highest BCUT2D eigenvalue weighted by molar-refractivity contribution is 6.07. The molecule has 37 heavy (non-hydrogen) atoms. The fraction of sp³-hybridized carbons (Fsp3) is 0.517. The SMILES string of the molecule is O=C(Cc1ccncc1)NC(C(=O)Nc1ccc2c(c1)NC(=O)C21CCOCC1)C1CCCCCCC1. The van der Waals surface area contributed by atoms with Crippen LogP contribution in [0, 0.1) is 5.92 Å². The molecule has 8 heteroatoms. The predicted molar refractivity (Wildman–Crippen MR) is 141 cm³/mol. The summed E-state index contributed by atoms with van der Waals surface area (Å²) in [5.41, 5.74) is 2.65. The Morgan fingerprint density at radius 1 is 1.03 bits per heavy atom. The van der Waals surface area contributed by atoms with Gasteiger partial charge in [0, 0.05) is 37.0 Å². The number of hydrogen-bond donors (Lipinski definition) is 3. The lowest BCUT2D eigenvalue weighted by Gasteiger charge is -2.31. The third kappa shape index (κ3) is 5.69. The zero-order valence-corrected chi connectivity index (χ0v) is 21.3. The Morgan fingerprint density at radius 3 is 2.46 bits per heavy atom. The largest absolute Gasteiger partial charge is 0.381 e. The summed E-state index contributed by atoms with van der Waals surface area (Å²) in [4.78, 5) is 43.5. The highest BCUT2D eigenvalue weighted by atomic mass is 16.5. The molecular formula is C29H36N4O4. The Labute approximate surface area is 218 Å². The minimum absolute atomic E-state index is 0.00468. The number of ether oxygens (including phenoxy) is 1. The van der Waals surface area contributed by atoms with Gasteiger partial charge >= 0.3 is 0 Å². The first-order valence-corrected chi connectivity index (χ1v) is 13.6. The van der Waals surface area contributed by atoms with Gasteiger partial charge in [-0.25, -0.2) is 0 Å². The van der Waals surface area contributed by atoms with Crippen molar-refractivity contribution in [2.75, 3.05) is 23.8 Å². The highest BCUT2D eigenvalue weighted by Gasteiger charge is 2.47. The van der Waals surface area contributed by atoms with Crippen molar-refractivity contribution in [3.8, 4) is 0 Å². The number of carbonyl (C=O) groups is 3. The smallest absolute Gasteiger partial charge is 0.247 e. The van der Waals surface area contributed by atoms with Gasteiger partial charge in [0.1, 0.15) is 6.04 Å². The maximum absolute atomic E-state index is 13.6.